The summed E-state index contributed by atoms with van der Waals surface area (Å²) in [6.07, 6.45) is 9.04. The SMILES string of the molecule is CCCCC1CCC(C(=O)N2CC[C@H](O)C2)CC1. The number of hydrogen-bond acceptors (Lipinski definition) is 2. The van der Waals surface area contributed by atoms with Gasteiger partial charge in [-0.25, -0.2) is 0 Å². The van der Waals surface area contributed by atoms with E-state index in [-0.39, 0.29) is 12.0 Å². The Morgan fingerprint density at radius 2 is 1.94 bits per heavy atom. The molecule has 0 radical (unpaired) electrons. The van der Waals surface area contributed by atoms with Crippen molar-refractivity contribution in [3.8, 4) is 0 Å². The lowest BCUT2D eigenvalue weighted by Gasteiger charge is -2.30. The zero-order chi connectivity index (χ0) is 13.0. The molecular weight excluding hydrogens is 226 g/mol. The fourth-order valence-electron chi connectivity index (χ4n) is 3.39. The van der Waals surface area contributed by atoms with E-state index in [4.69, 9.17) is 0 Å². The summed E-state index contributed by atoms with van der Waals surface area (Å²) in [5.74, 6) is 1.41. The molecule has 0 unspecified atom stereocenters. The molecule has 1 aliphatic carbocycles. The van der Waals surface area contributed by atoms with Crippen LogP contribution >= 0.6 is 0 Å². The van der Waals surface area contributed by atoms with E-state index in [0.29, 0.717) is 12.5 Å². The van der Waals surface area contributed by atoms with Gasteiger partial charge in [0.25, 0.3) is 0 Å². The molecule has 1 heterocycles. The van der Waals surface area contributed by atoms with Gasteiger partial charge in [-0.15, -0.1) is 0 Å². The maximum absolute atomic E-state index is 12.3. The first-order valence-electron chi connectivity index (χ1n) is 7.67. The van der Waals surface area contributed by atoms with E-state index in [1.807, 2.05) is 4.90 Å². The van der Waals surface area contributed by atoms with Crippen molar-refractivity contribution >= 4 is 5.91 Å². The lowest BCUT2D eigenvalue weighted by molar-refractivity contribution is -0.136. The number of carbonyl (C=O) groups excluding carboxylic acids is 1. The summed E-state index contributed by atoms with van der Waals surface area (Å²) in [5.41, 5.74) is 0. The molecule has 1 N–H and O–H groups in total. The predicted molar refractivity (Wildman–Crippen MR) is 72.2 cm³/mol. The average Bonchev–Trinajstić information content (AvgIpc) is 2.83. The highest BCUT2D eigenvalue weighted by atomic mass is 16.3. The first-order valence-corrected chi connectivity index (χ1v) is 7.67. The standard InChI is InChI=1S/C15H27NO2/c1-2-3-4-12-5-7-13(8-6-12)15(18)16-10-9-14(17)11-16/h12-14,17H,2-11H2,1H3/t12?,13?,14-/m0/s1. The Labute approximate surface area is 111 Å². The van der Waals surface area contributed by atoms with Crippen LogP contribution in [0.4, 0.5) is 0 Å². The van der Waals surface area contributed by atoms with Gasteiger partial charge < -0.3 is 10.0 Å². The summed E-state index contributed by atoms with van der Waals surface area (Å²) in [6.45, 7) is 3.57. The van der Waals surface area contributed by atoms with Gasteiger partial charge >= 0.3 is 0 Å². The Balaban J connectivity index is 1.73. The number of likely N-dealkylation sites (tertiary alicyclic amines) is 1. The second-order valence-corrected chi connectivity index (χ2v) is 6.09. The number of amides is 1. The van der Waals surface area contributed by atoms with E-state index in [1.165, 1.54) is 32.1 Å². The number of aliphatic hydroxyl groups is 1. The Kier molecular flexibility index (Phi) is 5.04. The predicted octanol–water partition coefficient (Wildman–Crippen LogP) is 2.58. The molecule has 2 aliphatic rings. The summed E-state index contributed by atoms with van der Waals surface area (Å²) in [7, 11) is 0. The summed E-state index contributed by atoms with van der Waals surface area (Å²) < 4.78 is 0. The van der Waals surface area contributed by atoms with Gasteiger partial charge in [0.15, 0.2) is 0 Å². The van der Waals surface area contributed by atoms with E-state index in [2.05, 4.69) is 6.92 Å². The van der Waals surface area contributed by atoms with Crippen LogP contribution in [0.15, 0.2) is 0 Å². The molecule has 104 valence electrons. The van der Waals surface area contributed by atoms with Crippen molar-refractivity contribution in [2.45, 2.75) is 64.4 Å². The van der Waals surface area contributed by atoms with E-state index in [9.17, 15) is 9.90 Å². The van der Waals surface area contributed by atoms with Gasteiger partial charge in [0.1, 0.15) is 0 Å². The van der Waals surface area contributed by atoms with Crippen LogP contribution in [0.2, 0.25) is 0 Å². The van der Waals surface area contributed by atoms with Crippen molar-refractivity contribution in [1.29, 1.82) is 0 Å². The minimum atomic E-state index is -0.283. The molecule has 2 fully saturated rings. The minimum Gasteiger partial charge on any atom is -0.391 e. The maximum atomic E-state index is 12.3. The van der Waals surface area contributed by atoms with E-state index >= 15 is 0 Å². The minimum absolute atomic E-state index is 0.244. The zero-order valence-corrected chi connectivity index (χ0v) is 11.6. The van der Waals surface area contributed by atoms with Crippen molar-refractivity contribution in [2.75, 3.05) is 13.1 Å². The zero-order valence-electron chi connectivity index (χ0n) is 11.6. The second-order valence-electron chi connectivity index (χ2n) is 6.09. The molecule has 1 amide bonds. The van der Waals surface area contributed by atoms with Crippen molar-refractivity contribution in [1.82, 2.24) is 4.90 Å². The highest BCUT2D eigenvalue weighted by Crippen LogP contribution is 2.33. The summed E-state index contributed by atoms with van der Waals surface area (Å²) in [5, 5.41) is 9.49. The van der Waals surface area contributed by atoms with Gasteiger partial charge in [-0.3, -0.25) is 4.79 Å². The smallest absolute Gasteiger partial charge is 0.225 e. The van der Waals surface area contributed by atoms with Crippen LogP contribution in [0.5, 0.6) is 0 Å². The highest BCUT2D eigenvalue weighted by Gasteiger charge is 2.32. The molecule has 0 aromatic heterocycles. The van der Waals surface area contributed by atoms with Crippen molar-refractivity contribution in [2.24, 2.45) is 11.8 Å². The van der Waals surface area contributed by atoms with Gasteiger partial charge in [0.05, 0.1) is 6.10 Å². The van der Waals surface area contributed by atoms with E-state index in [0.717, 1.165) is 31.7 Å². The third kappa shape index (κ3) is 3.47. The van der Waals surface area contributed by atoms with Crippen LogP contribution in [0.25, 0.3) is 0 Å². The molecule has 0 aromatic rings. The molecular formula is C15H27NO2. The first kappa shape index (κ1) is 13.9. The topological polar surface area (TPSA) is 40.5 Å². The van der Waals surface area contributed by atoms with Crippen LogP contribution in [0.3, 0.4) is 0 Å². The molecule has 1 saturated carbocycles. The van der Waals surface area contributed by atoms with Crippen molar-refractivity contribution < 1.29 is 9.90 Å². The number of unbranched alkanes of at least 4 members (excludes halogenated alkanes) is 1. The fourth-order valence-corrected chi connectivity index (χ4v) is 3.39. The average molecular weight is 253 g/mol. The van der Waals surface area contributed by atoms with Crippen LogP contribution in [0, 0.1) is 11.8 Å². The molecule has 3 heteroatoms. The Morgan fingerprint density at radius 1 is 1.22 bits per heavy atom. The van der Waals surface area contributed by atoms with Gasteiger partial charge in [-0.05, 0) is 38.0 Å². The van der Waals surface area contributed by atoms with Crippen LogP contribution < -0.4 is 0 Å². The fraction of sp³-hybridized carbons (Fsp3) is 0.933. The Morgan fingerprint density at radius 3 is 2.50 bits per heavy atom. The van der Waals surface area contributed by atoms with E-state index < -0.39 is 0 Å². The maximum Gasteiger partial charge on any atom is 0.225 e. The van der Waals surface area contributed by atoms with Gasteiger partial charge in [-0.2, -0.15) is 0 Å². The Bertz CT molecular complexity index is 272. The third-order valence-electron chi connectivity index (χ3n) is 4.64. The first-order chi connectivity index (χ1) is 8.70. The van der Waals surface area contributed by atoms with Crippen molar-refractivity contribution in [3.05, 3.63) is 0 Å². The molecule has 3 nitrogen and oxygen atoms in total. The Hall–Kier alpha value is -0.570. The highest BCUT2D eigenvalue weighted by molar-refractivity contribution is 5.79. The van der Waals surface area contributed by atoms with Crippen LogP contribution in [0.1, 0.15) is 58.3 Å². The third-order valence-corrected chi connectivity index (χ3v) is 4.64. The number of β-amino-alcohol motifs (C(OH)–C–C–N with tert-alkyl or cyclic N) is 1. The molecule has 2 rings (SSSR count). The number of carbonyl (C=O) groups is 1. The molecule has 1 saturated heterocycles. The number of nitrogens with zero attached hydrogens (tertiary/aromatic N) is 1. The van der Waals surface area contributed by atoms with Gasteiger partial charge in [-0.1, -0.05) is 26.2 Å². The van der Waals surface area contributed by atoms with Gasteiger partial charge in [0, 0.05) is 19.0 Å². The van der Waals surface area contributed by atoms with Crippen LogP contribution in [-0.4, -0.2) is 35.1 Å². The van der Waals surface area contributed by atoms with Crippen LogP contribution in [-0.2, 0) is 4.79 Å². The normalized spacial score (nSPS) is 32.8. The molecule has 1 atom stereocenters. The monoisotopic (exact) mass is 253 g/mol. The molecule has 1 aliphatic heterocycles. The number of rotatable bonds is 4. The molecule has 0 spiro atoms. The summed E-state index contributed by atoms with van der Waals surface area (Å²) in [4.78, 5) is 14.2. The lowest BCUT2D eigenvalue weighted by atomic mass is 9.79. The summed E-state index contributed by atoms with van der Waals surface area (Å²) in [6, 6.07) is 0. The lowest BCUT2D eigenvalue weighted by Crippen LogP contribution is -2.36. The molecule has 0 aromatic carbocycles. The number of hydrogen-bond donors (Lipinski definition) is 1. The summed E-state index contributed by atoms with van der Waals surface area (Å²) >= 11 is 0. The second kappa shape index (κ2) is 6.55. The number of aliphatic hydroxyl groups excluding tert-OH is 1. The van der Waals surface area contributed by atoms with Crippen molar-refractivity contribution in [3.63, 3.8) is 0 Å². The van der Waals surface area contributed by atoms with E-state index in [1.54, 1.807) is 0 Å². The quantitative estimate of drug-likeness (QED) is 0.836. The van der Waals surface area contributed by atoms with Gasteiger partial charge in [0.2, 0.25) is 5.91 Å². The largest absolute Gasteiger partial charge is 0.391 e. The molecule has 0 bridgehead atoms. The molecule has 18 heavy (non-hydrogen) atoms.